The van der Waals surface area contributed by atoms with Crippen LogP contribution in [0.15, 0.2) is 29.3 Å². The molecule has 6 heteroatoms. The summed E-state index contributed by atoms with van der Waals surface area (Å²) < 4.78 is 37.4. The number of nitrogens with one attached hydrogen (secondary N) is 1. The van der Waals surface area contributed by atoms with E-state index in [0.29, 0.717) is 11.3 Å². The maximum Gasteiger partial charge on any atom is 0.416 e. The molecule has 0 radical (unpaired) electrons. The zero-order chi connectivity index (χ0) is 12.3. The molecule has 0 spiro atoms. The van der Waals surface area contributed by atoms with Crippen LogP contribution < -0.4 is 5.32 Å². The predicted molar refractivity (Wildman–Crippen MR) is 63.0 cm³/mol. The molecule has 1 aromatic carbocycles. The van der Waals surface area contributed by atoms with Crippen LogP contribution in [0.5, 0.6) is 0 Å². The van der Waals surface area contributed by atoms with Crippen molar-refractivity contribution in [2.24, 2.45) is 4.99 Å². The molecule has 0 saturated carbocycles. The van der Waals surface area contributed by atoms with Gasteiger partial charge < -0.3 is 5.32 Å². The summed E-state index contributed by atoms with van der Waals surface area (Å²) >= 11 is 1.43. The van der Waals surface area contributed by atoms with Gasteiger partial charge in [0, 0.05) is 12.3 Å². The fourth-order valence-electron chi connectivity index (χ4n) is 1.46. The van der Waals surface area contributed by atoms with Crippen molar-refractivity contribution in [3.8, 4) is 0 Å². The molecule has 0 saturated heterocycles. The fraction of sp³-hybridized carbons (Fsp3) is 0.364. The maximum atomic E-state index is 12.5. The first kappa shape index (κ1) is 12.3. The lowest BCUT2D eigenvalue weighted by atomic mass is 10.1. The monoisotopic (exact) mass is 260 g/mol. The van der Waals surface area contributed by atoms with Crippen LogP contribution in [0.2, 0.25) is 0 Å². The van der Waals surface area contributed by atoms with Crippen molar-refractivity contribution >= 4 is 16.9 Å². The van der Waals surface area contributed by atoms with Gasteiger partial charge in [-0.1, -0.05) is 30.0 Å². The van der Waals surface area contributed by atoms with Gasteiger partial charge in [0.2, 0.25) is 0 Å². The third-order valence-electron chi connectivity index (χ3n) is 2.27. The minimum Gasteiger partial charge on any atom is -0.363 e. The van der Waals surface area contributed by atoms with E-state index in [9.17, 15) is 13.2 Å². The highest BCUT2D eigenvalue weighted by Crippen LogP contribution is 2.30. The highest BCUT2D eigenvalue weighted by atomic mass is 32.2. The number of hydrogen-bond acceptors (Lipinski definition) is 3. The predicted octanol–water partition coefficient (Wildman–Crippen LogP) is 2.90. The molecular weight excluding hydrogens is 249 g/mol. The van der Waals surface area contributed by atoms with Gasteiger partial charge >= 0.3 is 6.18 Å². The molecule has 1 N–H and O–H groups in total. The Morgan fingerprint density at radius 3 is 2.82 bits per heavy atom. The smallest absolute Gasteiger partial charge is 0.363 e. The Morgan fingerprint density at radius 2 is 2.18 bits per heavy atom. The molecule has 1 aliphatic rings. The standard InChI is InChI=1S/C11H11F3N2S/c12-11(13,14)9-3-1-2-8(6-9)7-17-10-15-4-5-16-10/h1-3,6H,4-5,7H2,(H,15,16). The van der Waals surface area contributed by atoms with E-state index in [1.807, 2.05) is 0 Å². The number of halogens is 3. The largest absolute Gasteiger partial charge is 0.416 e. The van der Waals surface area contributed by atoms with Crippen LogP contribution in [-0.4, -0.2) is 18.3 Å². The molecule has 0 aromatic heterocycles. The zero-order valence-electron chi connectivity index (χ0n) is 8.92. The highest BCUT2D eigenvalue weighted by molar-refractivity contribution is 8.13. The van der Waals surface area contributed by atoms with Crippen molar-refractivity contribution in [2.45, 2.75) is 11.9 Å². The molecule has 0 amide bonds. The lowest BCUT2D eigenvalue weighted by molar-refractivity contribution is -0.137. The molecule has 0 bridgehead atoms. The first-order chi connectivity index (χ1) is 8.05. The van der Waals surface area contributed by atoms with Crippen LogP contribution in [0, 0.1) is 0 Å². The van der Waals surface area contributed by atoms with Gasteiger partial charge in [-0.05, 0) is 11.6 Å². The first-order valence-electron chi connectivity index (χ1n) is 5.13. The Bertz CT molecular complexity index is 429. The van der Waals surface area contributed by atoms with E-state index < -0.39 is 11.7 Å². The Balaban J connectivity index is 2.01. The van der Waals surface area contributed by atoms with E-state index in [0.717, 1.165) is 24.3 Å². The van der Waals surface area contributed by atoms with Gasteiger partial charge in [0.1, 0.15) is 0 Å². The fourth-order valence-corrected chi connectivity index (χ4v) is 2.33. The second-order valence-electron chi connectivity index (χ2n) is 3.60. The summed E-state index contributed by atoms with van der Waals surface area (Å²) in [5.41, 5.74) is 0.0538. The first-order valence-corrected chi connectivity index (χ1v) is 6.11. The van der Waals surface area contributed by atoms with Gasteiger partial charge in [-0.2, -0.15) is 13.2 Å². The van der Waals surface area contributed by atoms with E-state index in [1.165, 1.54) is 23.9 Å². The molecule has 1 aliphatic heterocycles. The normalized spacial score (nSPS) is 15.6. The molecule has 0 aliphatic carbocycles. The van der Waals surface area contributed by atoms with Gasteiger partial charge in [0.15, 0.2) is 5.17 Å². The number of benzene rings is 1. The van der Waals surface area contributed by atoms with Gasteiger partial charge in [-0.25, -0.2) is 0 Å². The van der Waals surface area contributed by atoms with Crippen molar-refractivity contribution in [2.75, 3.05) is 13.1 Å². The number of thioether (sulfide) groups is 1. The molecular formula is C11H11F3N2S. The quantitative estimate of drug-likeness (QED) is 0.884. The molecule has 0 unspecified atom stereocenters. The summed E-state index contributed by atoms with van der Waals surface area (Å²) in [6.07, 6.45) is -4.27. The van der Waals surface area contributed by atoms with Crippen LogP contribution in [0.3, 0.4) is 0 Å². The minimum atomic E-state index is -4.27. The van der Waals surface area contributed by atoms with E-state index >= 15 is 0 Å². The topological polar surface area (TPSA) is 24.4 Å². The maximum absolute atomic E-state index is 12.5. The summed E-state index contributed by atoms with van der Waals surface area (Å²) in [4.78, 5) is 4.17. The Morgan fingerprint density at radius 1 is 1.35 bits per heavy atom. The average molecular weight is 260 g/mol. The summed E-state index contributed by atoms with van der Waals surface area (Å²) in [7, 11) is 0. The second-order valence-corrected chi connectivity index (χ2v) is 4.56. The number of rotatable bonds is 2. The van der Waals surface area contributed by atoms with E-state index in [-0.39, 0.29) is 0 Å². The molecule has 0 atom stereocenters. The van der Waals surface area contributed by atoms with Crippen LogP contribution in [0.25, 0.3) is 0 Å². The van der Waals surface area contributed by atoms with Crippen LogP contribution in [-0.2, 0) is 11.9 Å². The Kier molecular flexibility index (Phi) is 3.61. The number of aliphatic imine (C=N–C) groups is 1. The van der Waals surface area contributed by atoms with Crippen molar-refractivity contribution < 1.29 is 13.2 Å². The third kappa shape index (κ3) is 3.39. The molecule has 0 fully saturated rings. The summed E-state index contributed by atoms with van der Waals surface area (Å²) in [6.45, 7) is 1.55. The number of alkyl halides is 3. The van der Waals surface area contributed by atoms with Crippen LogP contribution in [0.1, 0.15) is 11.1 Å². The van der Waals surface area contributed by atoms with E-state index in [1.54, 1.807) is 6.07 Å². The molecule has 1 aromatic rings. The molecule has 2 nitrogen and oxygen atoms in total. The van der Waals surface area contributed by atoms with Crippen LogP contribution in [0.4, 0.5) is 13.2 Å². The number of nitrogens with zero attached hydrogens (tertiary/aromatic N) is 1. The second kappa shape index (κ2) is 5.00. The lowest BCUT2D eigenvalue weighted by Gasteiger charge is -2.08. The zero-order valence-corrected chi connectivity index (χ0v) is 9.74. The number of hydrogen-bond donors (Lipinski definition) is 1. The van der Waals surface area contributed by atoms with Crippen molar-refractivity contribution in [1.82, 2.24) is 5.32 Å². The van der Waals surface area contributed by atoms with E-state index in [2.05, 4.69) is 10.3 Å². The van der Waals surface area contributed by atoms with E-state index in [4.69, 9.17) is 0 Å². The molecule has 2 rings (SSSR count). The van der Waals surface area contributed by atoms with Crippen molar-refractivity contribution in [3.63, 3.8) is 0 Å². The summed E-state index contributed by atoms with van der Waals surface area (Å²) in [5.74, 6) is 0.496. The summed E-state index contributed by atoms with van der Waals surface area (Å²) in [5, 5.41) is 3.87. The van der Waals surface area contributed by atoms with Gasteiger partial charge in [-0.15, -0.1) is 0 Å². The third-order valence-corrected chi connectivity index (χ3v) is 3.30. The SMILES string of the molecule is FC(F)(F)c1cccc(CSC2=NCCN2)c1. The van der Waals surface area contributed by atoms with Gasteiger partial charge in [0.25, 0.3) is 0 Å². The van der Waals surface area contributed by atoms with Gasteiger partial charge in [-0.3, -0.25) is 4.99 Å². The number of amidine groups is 1. The average Bonchev–Trinajstić information content (AvgIpc) is 2.78. The molecule has 17 heavy (non-hydrogen) atoms. The Hall–Kier alpha value is -1.17. The van der Waals surface area contributed by atoms with Crippen molar-refractivity contribution in [3.05, 3.63) is 35.4 Å². The minimum absolute atomic E-state index is 0.496. The van der Waals surface area contributed by atoms with Crippen molar-refractivity contribution in [1.29, 1.82) is 0 Å². The summed E-state index contributed by atoms with van der Waals surface area (Å²) in [6, 6.07) is 5.39. The highest BCUT2D eigenvalue weighted by Gasteiger charge is 2.30. The molecule has 1 heterocycles. The molecule has 92 valence electrons. The van der Waals surface area contributed by atoms with Gasteiger partial charge in [0.05, 0.1) is 12.1 Å². The Labute approximate surface area is 101 Å². The lowest BCUT2D eigenvalue weighted by Crippen LogP contribution is -2.15. The van der Waals surface area contributed by atoms with Crippen LogP contribution >= 0.6 is 11.8 Å².